The van der Waals surface area contributed by atoms with Gasteiger partial charge in [0.2, 0.25) is 16.0 Å². The summed E-state index contributed by atoms with van der Waals surface area (Å²) in [6.45, 7) is 10.9. The number of aryl methyl sites for hydroxylation is 2. The van der Waals surface area contributed by atoms with Gasteiger partial charge in [-0.1, -0.05) is 6.08 Å². The molecule has 11 nitrogen and oxygen atoms in total. The average molecular weight is 645 g/mol. The number of ketones is 1. The van der Waals surface area contributed by atoms with Gasteiger partial charge in [-0.25, -0.2) is 22.4 Å². The number of H-pyrrole nitrogens is 1. The number of aromatic amines is 1. The molecule has 242 valence electrons. The third-order valence-corrected chi connectivity index (χ3v) is 11.8. The molecule has 12 heteroatoms. The molecule has 0 unspecified atom stereocenters. The van der Waals surface area contributed by atoms with Crippen LogP contribution in [0.15, 0.2) is 54.2 Å². The lowest BCUT2D eigenvalue weighted by atomic mass is 9.95. The summed E-state index contributed by atoms with van der Waals surface area (Å²) in [7, 11) is -0.222. The van der Waals surface area contributed by atoms with E-state index in [0.29, 0.717) is 75.4 Å². The number of ether oxygens (including phenoxy) is 1. The van der Waals surface area contributed by atoms with Crippen LogP contribution < -0.4 is 15.2 Å². The van der Waals surface area contributed by atoms with Crippen molar-refractivity contribution in [1.82, 2.24) is 23.8 Å². The summed E-state index contributed by atoms with van der Waals surface area (Å²) in [6, 6.07) is 5.33. The van der Waals surface area contributed by atoms with E-state index in [1.165, 1.54) is 11.1 Å². The fourth-order valence-corrected chi connectivity index (χ4v) is 8.47. The molecule has 4 heterocycles. The first kappa shape index (κ1) is 31.7. The average Bonchev–Trinajstić information content (AvgIpc) is 3.76. The number of carbonyl (C=O) groups excluding carboxylic acids is 1. The van der Waals surface area contributed by atoms with Crippen LogP contribution in [0.25, 0.3) is 22.0 Å². The second kappa shape index (κ2) is 12.1. The molecule has 1 aliphatic heterocycles. The van der Waals surface area contributed by atoms with Gasteiger partial charge in [0.15, 0.2) is 5.78 Å². The number of carbonyl (C=O) groups is 1. The maximum absolute atomic E-state index is 14.1. The van der Waals surface area contributed by atoms with Crippen molar-refractivity contribution in [2.45, 2.75) is 50.7 Å². The first-order valence-corrected chi connectivity index (χ1v) is 17.0. The summed E-state index contributed by atoms with van der Waals surface area (Å²) in [5.41, 5.74) is 3.55. The van der Waals surface area contributed by atoms with Gasteiger partial charge in [0.25, 0.3) is 5.56 Å². The molecule has 46 heavy (non-hydrogen) atoms. The van der Waals surface area contributed by atoms with Crippen molar-refractivity contribution < 1.29 is 17.9 Å². The van der Waals surface area contributed by atoms with Crippen molar-refractivity contribution in [3.05, 3.63) is 82.2 Å². The standard InChI is InChI=1S/C34H40N6O5S/c1-6-9-34(10-11-34)46(43,44)40-21-22(2)31-27(29(41)8-7-26-30(45-5)16-23(3)37-32(26)42)17-24(18-28(31)40)25-19-35-33(36-20-25)39-14-12-38(4)13-15-39/h6,16-21H,1,7-15H2,2-5H3,(H,37,42). The van der Waals surface area contributed by atoms with Gasteiger partial charge in [0.1, 0.15) is 5.75 Å². The number of fused-ring (bicyclic) bond motifs is 1. The van der Waals surface area contributed by atoms with Crippen LogP contribution in [0, 0.1) is 13.8 Å². The Morgan fingerprint density at radius 2 is 1.78 bits per heavy atom. The zero-order valence-electron chi connectivity index (χ0n) is 26.8. The highest BCUT2D eigenvalue weighted by Gasteiger charge is 2.54. The van der Waals surface area contributed by atoms with Crippen LogP contribution >= 0.6 is 0 Å². The van der Waals surface area contributed by atoms with E-state index in [0.717, 1.165) is 26.2 Å². The summed E-state index contributed by atoms with van der Waals surface area (Å²) in [6.07, 6.45) is 8.37. The molecule has 0 radical (unpaired) electrons. The second-order valence-electron chi connectivity index (χ2n) is 12.5. The summed E-state index contributed by atoms with van der Waals surface area (Å²) in [5.74, 6) is 0.846. The molecule has 0 amide bonds. The zero-order chi connectivity index (χ0) is 32.8. The molecular formula is C34H40N6O5S. The molecule has 0 spiro atoms. The van der Waals surface area contributed by atoms with Crippen LogP contribution in [-0.4, -0.2) is 83.1 Å². The van der Waals surface area contributed by atoms with Gasteiger partial charge in [-0.15, -0.1) is 6.58 Å². The van der Waals surface area contributed by atoms with Gasteiger partial charge in [-0.05, 0) is 75.9 Å². The number of hydrogen-bond acceptors (Lipinski definition) is 9. The van der Waals surface area contributed by atoms with E-state index in [1.807, 2.05) is 13.0 Å². The van der Waals surface area contributed by atoms with E-state index in [4.69, 9.17) is 4.74 Å². The molecule has 1 saturated heterocycles. The molecule has 2 fully saturated rings. The minimum Gasteiger partial charge on any atom is -0.496 e. The molecule has 0 bridgehead atoms. The number of anilines is 1. The summed E-state index contributed by atoms with van der Waals surface area (Å²) >= 11 is 0. The number of pyridine rings is 1. The maximum atomic E-state index is 14.1. The lowest BCUT2D eigenvalue weighted by Gasteiger charge is -2.32. The summed E-state index contributed by atoms with van der Waals surface area (Å²) < 4.78 is 34.1. The summed E-state index contributed by atoms with van der Waals surface area (Å²) in [4.78, 5) is 43.3. The van der Waals surface area contributed by atoms with Gasteiger partial charge in [-0.2, -0.15) is 0 Å². The van der Waals surface area contributed by atoms with E-state index in [1.54, 1.807) is 43.7 Å². The third-order valence-electron chi connectivity index (χ3n) is 9.30. The topological polar surface area (TPSA) is 130 Å². The van der Waals surface area contributed by atoms with Crippen LogP contribution in [-0.2, 0) is 16.4 Å². The van der Waals surface area contributed by atoms with E-state index in [-0.39, 0.29) is 24.2 Å². The van der Waals surface area contributed by atoms with Crippen LogP contribution in [0.5, 0.6) is 5.75 Å². The number of benzene rings is 1. The molecule has 6 rings (SSSR count). The van der Waals surface area contributed by atoms with Crippen molar-refractivity contribution >= 4 is 32.7 Å². The highest BCUT2D eigenvalue weighted by Crippen LogP contribution is 2.49. The van der Waals surface area contributed by atoms with Crippen molar-refractivity contribution in [1.29, 1.82) is 0 Å². The quantitative estimate of drug-likeness (QED) is 0.188. The SMILES string of the molecule is C=CCC1(S(=O)(=O)n2cc(C)c3c(C(=O)CCc4c(OC)cc(C)[nH]c4=O)cc(-c4cnc(N5CCN(C)CC5)nc4)cc32)CC1. The molecule has 2 aliphatic rings. The monoisotopic (exact) mass is 644 g/mol. The largest absolute Gasteiger partial charge is 0.496 e. The van der Waals surface area contributed by atoms with Gasteiger partial charge in [-0.3, -0.25) is 9.59 Å². The van der Waals surface area contributed by atoms with E-state index < -0.39 is 14.8 Å². The van der Waals surface area contributed by atoms with Crippen molar-refractivity contribution in [3.8, 4) is 16.9 Å². The predicted molar refractivity (Wildman–Crippen MR) is 180 cm³/mol. The molecule has 1 N–H and O–H groups in total. The van der Waals surface area contributed by atoms with Crippen LogP contribution in [0.4, 0.5) is 5.95 Å². The van der Waals surface area contributed by atoms with Crippen LogP contribution in [0.2, 0.25) is 0 Å². The smallest absolute Gasteiger partial charge is 0.255 e. The molecular weight excluding hydrogens is 604 g/mol. The Morgan fingerprint density at radius 3 is 2.41 bits per heavy atom. The van der Waals surface area contributed by atoms with Gasteiger partial charge in [0.05, 0.1) is 22.9 Å². The minimum absolute atomic E-state index is 0.0255. The van der Waals surface area contributed by atoms with Crippen molar-refractivity contribution in [2.75, 3.05) is 45.2 Å². The first-order chi connectivity index (χ1) is 22.0. The van der Waals surface area contributed by atoms with Gasteiger partial charge < -0.3 is 19.5 Å². The number of hydrogen-bond donors (Lipinski definition) is 1. The summed E-state index contributed by atoms with van der Waals surface area (Å²) in [5, 5.41) is 0.575. The Morgan fingerprint density at radius 1 is 1.09 bits per heavy atom. The van der Waals surface area contributed by atoms with E-state index in [9.17, 15) is 18.0 Å². The van der Waals surface area contributed by atoms with Crippen molar-refractivity contribution in [2.24, 2.45) is 0 Å². The Kier molecular flexibility index (Phi) is 8.36. The molecule has 4 aromatic rings. The predicted octanol–water partition coefficient (Wildman–Crippen LogP) is 4.27. The van der Waals surface area contributed by atoms with E-state index >= 15 is 0 Å². The number of nitrogens with zero attached hydrogens (tertiary/aromatic N) is 5. The Hall–Kier alpha value is -4.29. The number of methoxy groups -OCH3 is 1. The zero-order valence-corrected chi connectivity index (χ0v) is 27.6. The molecule has 3 aromatic heterocycles. The minimum atomic E-state index is -3.81. The second-order valence-corrected chi connectivity index (χ2v) is 14.7. The highest BCUT2D eigenvalue weighted by molar-refractivity contribution is 7.91. The molecule has 1 saturated carbocycles. The molecule has 1 aliphatic carbocycles. The lowest BCUT2D eigenvalue weighted by Crippen LogP contribution is -2.45. The number of aromatic nitrogens is 4. The fourth-order valence-electron chi connectivity index (χ4n) is 6.41. The molecule has 1 aromatic carbocycles. The fraction of sp³-hybridized carbons (Fsp3) is 0.412. The molecule has 0 atom stereocenters. The highest BCUT2D eigenvalue weighted by atomic mass is 32.2. The van der Waals surface area contributed by atoms with Gasteiger partial charge in [0, 0.05) is 73.4 Å². The number of likely N-dealkylation sites (N-methyl/N-ethyl adjacent to an activating group) is 1. The Balaban J connectivity index is 1.43. The maximum Gasteiger partial charge on any atom is 0.255 e. The normalized spacial score (nSPS) is 16.5. The number of piperazine rings is 1. The van der Waals surface area contributed by atoms with Crippen LogP contribution in [0.3, 0.4) is 0 Å². The van der Waals surface area contributed by atoms with Crippen molar-refractivity contribution in [3.63, 3.8) is 0 Å². The third kappa shape index (κ3) is 5.64. The van der Waals surface area contributed by atoms with E-state index in [2.05, 4.69) is 38.4 Å². The number of Topliss-reactive ketones (excluding diaryl/α,β-unsaturated/α-hetero) is 1. The van der Waals surface area contributed by atoms with Crippen LogP contribution in [0.1, 0.15) is 52.9 Å². The number of allylic oxidation sites excluding steroid dienone is 1. The number of rotatable bonds is 11. The first-order valence-electron chi connectivity index (χ1n) is 15.6. The number of nitrogens with one attached hydrogen (secondary N) is 1. The Bertz CT molecular complexity index is 1980. The lowest BCUT2D eigenvalue weighted by molar-refractivity contribution is 0.0984. The Labute approximate surface area is 269 Å². The van der Waals surface area contributed by atoms with Gasteiger partial charge >= 0.3 is 0 Å².